The number of fused-ring (bicyclic) bond motifs is 1. The number of ether oxygens (including phenoxy) is 3. The number of aromatic nitrogens is 5. The molecule has 2 aromatic heterocycles. The largest absolute Gasteiger partial charge is 0.489 e. The van der Waals surface area contributed by atoms with Crippen LogP contribution in [0.2, 0.25) is 0 Å². The van der Waals surface area contributed by atoms with Gasteiger partial charge < -0.3 is 14.2 Å². The topological polar surface area (TPSA) is 101 Å². The van der Waals surface area contributed by atoms with Gasteiger partial charge >= 0.3 is 6.09 Å². The molecule has 9 heteroatoms. The van der Waals surface area contributed by atoms with E-state index in [1.165, 1.54) is 0 Å². The number of nitrogens with zero attached hydrogens (tertiary/aromatic N) is 5. The van der Waals surface area contributed by atoms with E-state index in [2.05, 4.69) is 20.4 Å². The third-order valence-corrected chi connectivity index (χ3v) is 5.38. The highest BCUT2D eigenvalue weighted by Gasteiger charge is 2.14. The van der Waals surface area contributed by atoms with Gasteiger partial charge in [-0.15, -0.1) is 10.2 Å². The summed E-state index contributed by atoms with van der Waals surface area (Å²) in [7, 11) is 0. The van der Waals surface area contributed by atoms with Crippen molar-refractivity contribution in [3.05, 3.63) is 96.2 Å². The Morgan fingerprint density at radius 1 is 0.865 bits per heavy atom. The molecule has 0 radical (unpaired) electrons. The van der Waals surface area contributed by atoms with Crippen molar-refractivity contribution >= 4 is 17.0 Å². The summed E-state index contributed by atoms with van der Waals surface area (Å²) in [5.41, 5.74) is 3.49. The second-order valence-electron chi connectivity index (χ2n) is 8.58. The fourth-order valence-electron chi connectivity index (χ4n) is 3.57. The number of tetrazole rings is 1. The average Bonchev–Trinajstić information content (AvgIpc) is 3.42. The quantitative estimate of drug-likeness (QED) is 0.280. The van der Waals surface area contributed by atoms with Gasteiger partial charge in [0.2, 0.25) is 5.82 Å². The fourth-order valence-corrected chi connectivity index (χ4v) is 3.57. The normalized spacial score (nSPS) is 11.0. The Balaban J connectivity index is 1.16. The molecular weight excluding hydrogens is 470 g/mol. The highest BCUT2D eigenvalue weighted by Crippen LogP contribution is 2.22. The van der Waals surface area contributed by atoms with Gasteiger partial charge in [0.05, 0.1) is 17.3 Å². The summed E-state index contributed by atoms with van der Waals surface area (Å²) in [5.74, 6) is 1.73. The van der Waals surface area contributed by atoms with Crippen molar-refractivity contribution in [1.29, 1.82) is 0 Å². The lowest BCUT2D eigenvalue weighted by Crippen LogP contribution is -2.20. The molecule has 0 aliphatic carbocycles. The smallest absolute Gasteiger partial charge is 0.453 e. The minimum absolute atomic E-state index is 0.268. The number of hydrogen-bond acceptors (Lipinski definition) is 8. The zero-order valence-corrected chi connectivity index (χ0v) is 20.4. The van der Waals surface area contributed by atoms with Gasteiger partial charge in [0.25, 0.3) is 0 Å². The highest BCUT2D eigenvalue weighted by molar-refractivity contribution is 5.78. The van der Waals surface area contributed by atoms with E-state index in [0.29, 0.717) is 30.5 Å². The van der Waals surface area contributed by atoms with Crippen molar-refractivity contribution < 1.29 is 19.0 Å². The van der Waals surface area contributed by atoms with Gasteiger partial charge in [-0.1, -0.05) is 59.4 Å². The Hall–Kier alpha value is -4.79. The molecule has 0 saturated heterocycles. The van der Waals surface area contributed by atoms with Crippen LogP contribution in [0, 0.1) is 0 Å². The van der Waals surface area contributed by atoms with E-state index in [0.717, 1.165) is 32.5 Å². The minimum atomic E-state index is -0.668. The highest BCUT2D eigenvalue weighted by atomic mass is 16.6. The maximum absolute atomic E-state index is 11.9. The van der Waals surface area contributed by atoms with Crippen LogP contribution < -0.4 is 9.47 Å². The van der Waals surface area contributed by atoms with Crippen molar-refractivity contribution in [2.45, 2.75) is 33.2 Å². The number of benzene rings is 3. The molecule has 37 heavy (non-hydrogen) atoms. The first-order chi connectivity index (χ1) is 18.0. The predicted octanol–water partition coefficient (Wildman–Crippen LogP) is 5.44. The molecule has 0 N–H and O–H groups in total. The Bertz CT molecular complexity index is 1510. The molecule has 3 aromatic carbocycles. The molecule has 2 heterocycles. The van der Waals surface area contributed by atoms with Crippen LogP contribution in [-0.4, -0.2) is 37.4 Å². The number of carbonyl (C=O) groups excluding carboxylic acids is 1. The molecule has 186 valence electrons. The van der Waals surface area contributed by atoms with E-state index < -0.39 is 6.09 Å². The summed E-state index contributed by atoms with van der Waals surface area (Å²) in [6.45, 7) is 4.24. The predicted molar refractivity (Wildman–Crippen MR) is 137 cm³/mol. The van der Waals surface area contributed by atoms with Crippen molar-refractivity contribution in [3.63, 3.8) is 0 Å². The molecule has 0 unspecified atom stereocenters. The van der Waals surface area contributed by atoms with E-state index >= 15 is 0 Å². The molecule has 5 aromatic rings. The molecule has 0 bridgehead atoms. The molecule has 0 spiro atoms. The zero-order chi connectivity index (χ0) is 25.6. The lowest BCUT2D eigenvalue weighted by molar-refractivity contribution is 0.110. The average molecular weight is 496 g/mol. The van der Waals surface area contributed by atoms with Crippen LogP contribution in [0.5, 0.6) is 11.5 Å². The van der Waals surface area contributed by atoms with Crippen molar-refractivity contribution in [2.75, 3.05) is 0 Å². The van der Waals surface area contributed by atoms with Crippen LogP contribution in [0.3, 0.4) is 0 Å². The number of rotatable bonds is 8. The Morgan fingerprint density at radius 2 is 1.62 bits per heavy atom. The minimum Gasteiger partial charge on any atom is -0.489 e. The van der Waals surface area contributed by atoms with E-state index in [1.54, 1.807) is 13.8 Å². The molecule has 0 atom stereocenters. The fraction of sp³-hybridized carbons (Fsp3) is 0.179. The Labute approximate surface area is 213 Å². The molecule has 9 nitrogen and oxygen atoms in total. The lowest BCUT2D eigenvalue weighted by atomic mass is 10.1. The van der Waals surface area contributed by atoms with Gasteiger partial charge in [0.15, 0.2) is 0 Å². The summed E-state index contributed by atoms with van der Waals surface area (Å²) < 4.78 is 17.0. The molecule has 0 fully saturated rings. The number of carbonyl (C=O) groups is 1. The molecule has 0 aliphatic rings. The van der Waals surface area contributed by atoms with Crippen molar-refractivity contribution in [1.82, 2.24) is 25.2 Å². The van der Waals surface area contributed by atoms with Gasteiger partial charge in [0.1, 0.15) is 24.7 Å². The first kappa shape index (κ1) is 23.9. The monoisotopic (exact) mass is 495 g/mol. The number of para-hydroxylation sites is 1. The second-order valence-corrected chi connectivity index (χ2v) is 8.58. The van der Waals surface area contributed by atoms with Crippen molar-refractivity contribution in [3.8, 4) is 22.9 Å². The Kier molecular flexibility index (Phi) is 7.02. The second kappa shape index (κ2) is 10.9. The lowest BCUT2D eigenvalue weighted by Gasteiger charge is -2.10. The van der Waals surface area contributed by atoms with E-state index in [9.17, 15) is 4.79 Å². The first-order valence-corrected chi connectivity index (χ1v) is 11.8. The maximum Gasteiger partial charge on any atom is 0.453 e. The molecule has 5 rings (SSSR count). The maximum atomic E-state index is 11.9. The summed E-state index contributed by atoms with van der Waals surface area (Å²) in [4.78, 5) is 17.4. The summed E-state index contributed by atoms with van der Waals surface area (Å²) >= 11 is 0. The first-order valence-electron chi connectivity index (χ1n) is 11.8. The van der Waals surface area contributed by atoms with Crippen LogP contribution in [0.4, 0.5) is 4.79 Å². The molecular formula is C28H25N5O4. The Morgan fingerprint density at radius 3 is 2.41 bits per heavy atom. The SMILES string of the molecule is CC(C)OC(=O)n1nnc(-c2ccc(COc3cccc(OCc4ccc5ccccc5n4)c3)cc2)n1. The van der Waals surface area contributed by atoms with Crippen LogP contribution in [-0.2, 0) is 18.0 Å². The molecule has 0 saturated carbocycles. The van der Waals surface area contributed by atoms with Crippen LogP contribution >= 0.6 is 0 Å². The third kappa shape index (κ3) is 6.07. The summed E-state index contributed by atoms with van der Waals surface area (Å²) in [6, 6.07) is 27.1. The third-order valence-electron chi connectivity index (χ3n) is 5.38. The summed E-state index contributed by atoms with van der Waals surface area (Å²) in [6.07, 6.45) is -0.936. The van der Waals surface area contributed by atoms with Crippen molar-refractivity contribution in [2.24, 2.45) is 0 Å². The molecule has 0 aliphatic heterocycles. The van der Waals surface area contributed by atoms with E-state index in [4.69, 9.17) is 14.2 Å². The summed E-state index contributed by atoms with van der Waals surface area (Å²) in [5, 5.41) is 12.9. The van der Waals surface area contributed by atoms with Crippen LogP contribution in [0.15, 0.2) is 84.9 Å². The van der Waals surface area contributed by atoms with Gasteiger partial charge in [-0.3, -0.25) is 0 Å². The van der Waals surface area contributed by atoms with Gasteiger partial charge in [-0.25, -0.2) is 9.78 Å². The number of pyridine rings is 1. The van der Waals surface area contributed by atoms with E-state index in [-0.39, 0.29) is 6.10 Å². The van der Waals surface area contributed by atoms with Gasteiger partial charge in [-0.05, 0) is 48.9 Å². The number of hydrogen-bond donors (Lipinski definition) is 0. The van der Waals surface area contributed by atoms with Gasteiger partial charge in [-0.2, -0.15) is 0 Å². The van der Waals surface area contributed by atoms with Crippen LogP contribution in [0.1, 0.15) is 25.1 Å². The standard InChI is InChI=1S/C28H25N5O4/c1-19(2)37-28(34)33-31-27(30-32-33)22-12-10-20(11-13-22)17-35-24-7-5-8-25(16-24)36-18-23-15-14-21-6-3-4-9-26(21)29-23/h3-16,19H,17-18H2,1-2H3. The van der Waals surface area contributed by atoms with Gasteiger partial charge in [0, 0.05) is 17.0 Å². The van der Waals surface area contributed by atoms with Crippen LogP contribution in [0.25, 0.3) is 22.3 Å². The van der Waals surface area contributed by atoms with E-state index in [1.807, 2.05) is 84.9 Å². The zero-order valence-electron chi connectivity index (χ0n) is 20.4. The molecule has 0 amide bonds.